The van der Waals surface area contributed by atoms with Crippen molar-refractivity contribution >= 4 is 17.7 Å². The van der Waals surface area contributed by atoms with Gasteiger partial charge in [0.1, 0.15) is 17.1 Å². The molecular formula is C15H14O4S. The quantitative estimate of drug-likeness (QED) is 0.826. The Morgan fingerprint density at radius 3 is 2.50 bits per heavy atom. The minimum absolute atomic E-state index is 0.132. The van der Waals surface area contributed by atoms with Crippen LogP contribution in [0.4, 0.5) is 0 Å². The minimum Gasteiger partial charge on any atom is -0.478 e. The van der Waals surface area contributed by atoms with E-state index >= 15 is 0 Å². The Morgan fingerprint density at radius 2 is 1.85 bits per heavy atom. The molecule has 5 heteroatoms. The third kappa shape index (κ3) is 2.95. The second kappa shape index (κ2) is 6.45. The molecule has 2 N–H and O–H groups in total. The van der Waals surface area contributed by atoms with Crippen LogP contribution in [0.1, 0.15) is 15.9 Å². The van der Waals surface area contributed by atoms with Gasteiger partial charge in [0.05, 0.1) is 6.61 Å². The van der Waals surface area contributed by atoms with Crippen LogP contribution in [0.25, 0.3) is 0 Å². The van der Waals surface area contributed by atoms with Gasteiger partial charge in [0.2, 0.25) is 0 Å². The fraction of sp³-hybridized carbons (Fsp3) is 0.133. The van der Waals surface area contributed by atoms with Crippen molar-refractivity contribution in [2.24, 2.45) is 0 Å². The monoisotopic (exact) mass is 290 g/mol. The van der Waals surface area contributed by atoms with Gasteiger partial charge in [0, 0.05) is 10.5 Å². The molecule has 0 saturated heterocycles. The summed E-state index contributed by atoms with van der Waals surface area (Å²) in [6.45, 7) is -0.166. The molecule has 2 rings (SSSR count). The lowest BCUT2D eigenvalue weighted by Crippen LogP contribution is -2.03. The summed E-state index contributed by atoms with van der Waals surface area (Å²) in [5, 5.41) is 18.6. The van der Waals surface area contributed by atoms with E-state index in [-0.39, 0.29) is 17.9 Å². The minimum atomic E-state index is -1.04. The summed E-state index contributed by atoms with van der Waals surface area (Å²) in [7, 11) is 0. The maximum absolute atomic E-state index is 11.4. The van der Waals surface area contributed by atoms with E-state index in [2.05, 4.69) is 0 Å². The van der Waals surface area contributed by atoms with Gasteiger partial charge in [-0.25, -0.2) is 4.79 Å². The van der Waals surface area contributed by atoms with Crippen molar-refractivity contribution in [3.8, 4) is 11.5 Å². The normalized spacial score (nSPS) is 10.3. The first-order chi connectivity index (χ1) is 9.67. The third-order valence-electron chi connectivity index (χ3n) is 2.78. The van der Waals surface area contributed by atoms with Crippen molar-refractivity contribution in [3.05, 3.63) is 53.6 Å². The van der Waals surface area contributed by atoms with Crippen LogP contribution in [0.2, 0.25) is 0 Å². The Labute approximate surface area is 121 Å². The molecule has 0 heterocycles. The van der Waals surface area contributed by atoms with E-state index in [0.29, 0.717) is 16.2 Å². The summed E-state index contributed by atoms with van der Waals surface area (Å²) in [5.74, 6) is -0.313. The van der Waals surface area contributed by atoms with Crippen LogP contribution in [0, 0.1) is 0 Å². The summed E-state index contributed by atoms with van der Waals surface area (Å²) >= 11 is 1.35. The third-order valence-corrected chi connectivity index (χ3v) is 3.56. The van der Waals surface area contributed by atoms with Gasteiger partial charge < -0.3 is 14.9 Å². The zero-order chi connectivity index (χ0) is 14.5. The molecule has 20 heavy (non-hydrogen) atoms. The van der Waals surface area contributed by atoms with Crippen molar-refractivity contribution in [1.82, 2.24) is 0 Å². The molecule has 0 aliphatic carbocycles. The highest BCUT2D eigenvalue weighted by Crippen LogP contribution is 2.33. The molecule has 2 aromatic carbocycles. The number of aliphatic hydroxyl groups excluding tert-OH is 1. The Hall–Kier alpha value is -1.98. The number of thioether (sulfide) groups is 1. The van der Waals surface area contributed by atoms with Crippen LogP contribution in [0.3, 0.4) is 0 Å². The lowest BCUT2D eigenvalue weighted by atomic mass is 10.2. The maximum Gasteiger partial charge on any atom is 0.340 e. The van der Waals surface area contributed by atoms with Crippen molar-refractivity contribution in [3.63, 3.8) is 0 Å². The zero-order valence-corrected chi connectivity index (χ0v) is 11.7. The number of rotatable bonds is 5. The summed E-state index contributed by atoms with van der Waals surface area (Å²) in [4.78, 5) is 12.0. The number of para-hydroxylation sites is 1. The average Bonchev–Trinajstić information content (AvgIpc) is 2.47. The first-order valence-electron chi connectivity index (χ1n) is 5.94. The second-order valence-corrected chi connectivity index (χ2v) is 4.85. The fourth-order valence-electron chi connectivity index (χ4n) is 1.83. The molecule has 0 fully saturated rings. The standard InChI is InChI=1S/C15H14O4S/c1-20-13-8-4-7-12(14(13)15(17)18)19-11-6-3-2-5-10(11)9-16/h2-8,16H,9H2,1H3,(H,17,18). The van der Waals surface area contributed by atoms with E-state index in [1.807, 2.05) is 6.26 Å². The summed E-state index contributed by atoms with van der Waals surface area (Å²) in [6.07, 6.45) is 1.81. The van der Waals surface area contributed by atoms with E-state index in [4.69, 9.17) is 4.74 Å². The molecule has 0 aliphatic heterocycles. The molecule has 104 valence electrons. The molecule has 0 aliphatic rings. The van der Waals surface area contributed by atoms with Gasteiger partial charge in [0.15, 0.2) is 0 Å². The zero-order valence-electron chi connectivity index (χ0n) is 10.9. The number of benzene rings is 2. The molecule has 0 saturated carbocycles. The number of hydrogen-bond acceptors (Lipinski definition) is 4. The molecule has 0 spiro atoms. The number of hydrogen-bond donors (Lipinski definition) is 2. The number of aliphatic hydroxyl groups is 1. The van der Waals surface area contributed by atoms with Crippen LogP contribution in [0.15, 0.2) is 47.4 Å². The second-order valence-electron chi connectivity index (χ2n) is 4.01. The van der Waals surface area contributed by atoms with Crippen LogP contribution in [-0.2, 0) is 6.61 Å². The number of carboxylic acids is 1. The molecule has 0 unspecified atom stereocenters. The molecule has 0 bridgehead atoms. The summed E-state index contributed by atoms with van der Waals surface area (Å²) < 4.78 is 5.68. The van der Waals surface area contributed by atoms with Gasteiger partial charge in [-0.1, -0.05) is 24.3 Å². The van der Waals surface area contributed by atoms with Gasteiger partial charge in [-0.05, 0) is 24.5 Å². The van der Waals surface area contributed by atoms with Crippen molar-refractivity contribution < 1.29 is 19.7 Å². The Morgan fingerprint density at radius 1 is 1.15 bits per heavy atom. The van der Waals surface area contributed by atoms with Crippen molar-refractivity contribution in [2.75, 3.05) is 6.26 Å². The Bertz CT molecular complexity index is 625. The smallest absolute Gasteiger partial charge is 0.340 e. The van der Waals surface area contributed by atoms with Crippen LogP contribution >= 0.6 is 11.8 Å². The van der Waals surface area contributed by atoms with Crippen LogP contribution in [-0.4, -0.2) is 22.4 Å². The lowest BCUT2D eigenvalue weighted by Gasteiger charge is -2.13. The predicted molar refractivity (Wildman–Crippen MR) is 77.6 cm³/mol. The van der Waals surface area contributed by atoms with Gasteiger partial charge >= 0.3 is 5.97 Å². The van der Waals surface area contributed by atoms with E-state index in [1.54, 1.807) is 42.5 Å². The molecule has 4 nitrogen and oxygen atoms in total. The lowest BCUT2D eigenvalue weighted by molar-refractivity contribution is 0.0690. The SMILES string of the molecule is CSc1cccc(Oc2ccccc2CO)c1C(=O)O. The highest BCUT2D eigenvalue weighted by Gasteiger charge is 2.17. The summed E-state index contributed by atoms with van der Waals surface area (Å²) in [5.41, 5.74) is 0.742. The van der Waals surface area contributed by atoms with E-state index in [1.165, 1.54) is 11.8 Å². The topological polar surface area (TPSA) is 66.8 Å². The van der Waals surface area contributed by atoms with E-state index < -0.39 is 5.97 Å². The van der Waals surface area contributed by atoms with E-state index in [0.717, 1.165) is 0 Å². The number of carbonyl (C=O) groups is 1. The van der Waals surface area contributed by atoms with Gasteiger partial charge in [-0.15, -0.1) is 11.8 Å². The largest absolute Gasteiger partial charge is 0.478 e. The number of ether oxygens (including phenoxy) is 1. The molecule has 0 amide bonds. The predicted octanol–water partition coefficient (Wildman–Crippen LogP) is 3.39. The number of carboxylic acid groups (broad SMARTS) is 1. The van der Waals surface area contributed by atoms with Crippen molar-refractivity contribution in [2.45, 2.75) is 11.5 Å². The van der Waals surface area contributed by atoms with Crippen LogP contribution in [0.5, 0.6) is 11.5 Å². The van der Waals surface area contributed by atoms with Crippen LogP contribution < -0.4 is 4.74 Å². The summed E-state index contributed by atoms with van der Waals surface area (Å²) in [6, 6.07) is 12.1. The maximum atomic E-state index is 11.4. The first kappa shape index (κ1) is 14.4. The molecule has 2 aromatic rings. The highest BCUT2D eigenvalue weighted by molar-refractivity contribution is 7.98. The Kier molecular flexibility index (Phi) is 4.65. The molecule has 0 atom stereocenters. The van der Waals surface area contributed by atoms with Gasteiger partial charge in [-0.2, -0.15) is 0 Å². The van der Waals surface area contributed by atoms with E-state index in [9.17, 15) is 15.0 Å². The first-order valence-corrected chi connectivity index (χ1v) is 7.16. The average molecular weight is 290 g/mol. The fourth-order valence-corrected chi connectivity index (χ4v) is 2.44. The molecule has 0 aromatic heterocycles. The Balaban J connectivity index is 2.46. The van der Waals surface area contributed by atoms with Gasteiger partial charge in [0.25, 0.3) is 0 Å². The molecule has 0 radical (unpaired) electrons. The van der Waals surface area contributed by atoms with Gasteiger partial charge in [-0.3, -0.25) is 0 Å². The van der Waals surface area contributed by atoms with Crippen molar-refractivity contribution in [1.29, 1.82) is 0 Å². The molecular weight excluding hydrogens is 276 g/mol. The number of aromatic carboxylic acids is 1. The highest BCUT2D eigenvalue weighted by atomic mass is 32.2.